The van der Waals surface area contributed by atoms with E-state index in [9.17, 15) is 0 Å². The summed E-state index contributed by atoms with van der Waals surface area (Å²) in [6.45, 7) is 1.35. The standard InChI is InChI=1S/C11H11O2.Li/c1-2-4-10-8-13-11(5-6-11)12-7-9(10)3-1;/h1-5H,6-8H2;/q-1;+1. The molecule has 14 heavy (non-hydrogen) atoms. The Morgan fingerprint density at radius 2 is 1.57 bits per heavy atom. The summed E-state index contributed by atoms with van der Waals surface area (Å²) in [5.41, 5.74) is 2.50. The normalized spacial score (nSPS) is 22.0. The van der Waals surface area contributed by atoms with Crippen molar-refractivity contribution in [3.63, 3.8) is 0 Å². The second-order valence-electron chi connectivity index (χ2n) is 3.57. The Bertz CT molecular complexity index is 305. The van der Waals surface area contributed by atoms with Crippen LogP contribution in [0.15, 0.2) is 24.3 Å². The summed E-state index contributed by atoms with van der Waals surface area (Å²) in [6.07, 6.45) is 3.00. The summed E-state index contributed by atoms with van der Waals surface area (Å²) in [4.78, 5) is 0. The number of hydrogen-bond donors (Lipinski definition) is 0. The molecule has 68 valence electrons. The first-order valence-electron chi connectivity index (χ1n) is 4.57. The molecule has 0 N–H and O–H groups in total. The molecule has 0 atom stereocenters. The van der Waals surface area contributed by atoms with Gasteiger partial charge in [0.15, 0.2) is 0 Å². The molecular formula is C11H11LiO2. The van der Waals surface area contributed by atoms with Gasteiger partial charge in [-0.25, -0.2) is 0 Å². The van der Waals surface area contributed by atoms with Crippen molar-refractivity contribution in [3.8, 4) is 0 Å². The average Bonchev–Trinajstić information content (AvgIpc) is 2.96. The third-order valence-electron chi connectivity index (χ3n) is 2.60. The fourth-order valence-electron chi connectivity index (χ4n) is 1.60. The van der Waals surface area contributed by atoms with Crippen LogP contribution in [0.1, 0.15) is 17.5 Å². The molecule has 1 aliphatic heterocycles. The summed E-state index contributed by atoms with van der Waals surface area (Å²) < 4.78 is 11.3. The average molecular weight is 182 g/mol. The van der Waals surface area contributed by atoms with Crippen LogP contribution < -0.4 is 18.9 Å². The molecule has 0 radical (unpaired) electrons. The molecule has 1 aromatic rings. The van der Waals surface area contributed by atoms with Crippen LogP contribution >= 0.6 is 0 Å². The predicted octanol–water partition coefficient (Wildman–Crippen LogP) is -0.958. The van der Waals surface area contributed by atoms with Gasteiger partial charge in [-0.1, -0.05) is 24.3 Å². The van der Waals surface area contributed by atoms with Gasteiger partial charge in [0.25, 0.3) is 0 Å². The molecule has 0 amide bonds. The third kappa shape index (κ3) is 1.76. The minimum Gasteiger partial charge on any atom is -0.378 e. The summed E-state index contributed by atoms with van der Waals surface area (Å²) in [5, 5.41) is 0. The molecule has 0 bridgehead atoms. The van der Waals surface area contributed by atoms with E-state index < -0.39 is 0 Å². The van der Waals surface area contributed by atoms with Crippen LogP contribution in [0.25, 0.3) is 0 Å². The minimum atomic E-state index is -0.334. The van der Waals surface area contributed by atoms with Gasteiger partial charge in [-0.3, -0.25) is 6.42 Å². The Balaban J connectivity index is 0.000000750. The van der Waals surface area contributed by atoms with E-state index in [0.717, 1.165) is 6.42 Å². The van der Waals surface area contributed by atoms with E-state index in [0.29, 0.717) is 13.2 Å². The number of fused-ring (bicyclic) bond motifs is 1. The maximum Gasteiger partial charge on any atom is 1.00 e. The smallest absolute Gasteiger partial charge is 0.378 e. The van der Waals surface area contributed by atoms with Crippen LogP contribution in [-0.2, 0) is 22.7 Å². The molecule has 3 heteroatoms. The van der Waals surface area contributed by atoms with Crippen molar-refractivity contribution in [1.29, 1.82) is 0 Å². The van der Waals surface area contributed by atoms with Gasteiger partial charge >= 0.3 is 18.9 Å². The number of benzene rings is 1. The predicted molar refractivity (Wildman–Crippen MR) is 47.7 cm³/mol. The van der Waals surface area contributed by atoms with E-state index >= 15 is 0 Å². The molecule has 1 aliphatic carbocycles. The molecule has 0 saturated heterocycles. The third-order valence-corrected chi connectivity index (χ3v) is 2.60. The van der Waals surface area contributed by atoms with E-state index in [4.69, 9.17) is 9.47 Å². The first-order valence-corrected chi connectivity index (χ1v) is 4.57. The first kappa shape index (κ1) is 10.3. The zero-order valence-corrected chi connectivity index (χ0v) is 8.32. The summed E-state index contributed by atoms with van der Waals surface area (Å²) in [6, 6.07) is 8.27. The van der Waals surface area contributed by atoms with E-state index in [1.54, 1.807) is 0 Å². The van der Waals surface area contributed by atoms with Crippen LogP contribution in [0.2, 0.25) is 0 Å². The van der Waals surface area contributed by atoms with Gasteiger partial charge < -0.3 is 9.47 Å². The molecule has 1 heterocycles. The molecule has 2 aliphatic rings. The Morgan fingerprint density at radius 3 is 2.00 bits per heavy atom. The van der Waals surface area contributed by atoms with Gasteiger partial charge in [0, 0.05) is 5.79 Å². The Labute approximate surface area is 95.8 Å². The van der Waals surface area contributed by atoms with Gasteiger partial charge in [-0.2, -0.15) is 6.42 Å². The SMILES string of the molecule is [Li+].c1ccc2c(c1)COC1([CH-]C1)OC2. The summed E-state index contributed by atoms with van der Waals surface area (Å²) >= 11 is 0. The van der Waals surface area contributed by atoms with Crippen molar-refractivity contribution in [2.45, 2.75) is 25.4 Å². The van der Waals surface area contributed by atoms with Crippen molar-refractivity contribution in [2.24, 2.45) is 0 Å². The van der Waals surface area contributed by atoms with Gasteiger partial charge in [-0.15, -0.1) is 0 Å². The zero-order valence-electron chi connectivity index (χ0n) is 8.32. The molecule has 1 fully saturated rings. The van der Waals surface area contributed by atoms with Crippen molar-refractivity contribution >= 4 is 0 Å². The monoisotopic (exact) mass is 182 g/mol. The number of ether oxygens (including phenoxy) is 2. The Morgan fingerprint density at radius 1 is 1.07 bits per heavy atom. The van der Waals surface area contributed by atoms with Gasteiger partial charge in [0.2, 0.25) is 0 Å². The Hall–Kier alpha value is -0.263. The van der Waals surface area contributed by atoms with E-state index in [1.807, 2.05) is 12.1 Å². The van der Waals surface area contributed by atoms with E-state index in [2.05, 4.69) is 18.6 Å². The maximum absolute atomic E-state index is 5.65. The fraction of sp³-hybridized carbons (Fsp3) is 0.364. The quantitative estimate of drug-likeness (QED) is 0.380. The minimum absolute atomic E-state index is 0. The zero-order chi connectivity index (χ0) is 8.73. The number of rotatable bonds is 0. The largest absolute Gasteiger partial charge is 1.00 e. The van der Waals surface area contributed by atoms with Crippen molar-refractivity contribution < 1.29 is 28.3 Å². The molecular weight excluding hydrogens is 171 g/mol. The van der Waals surface area contributed by atoms with Gasteiger partial charge in [0.05, 0.1) is 13.2 Å². The Kier molecular flexibility index (Phi) is 2.72. The van der Waals surface area contributed by atoms with Gasteiger partial charge in [0.1, 0.15) is 0 Å². The van der Waals surface area contributed by atoms with E-state index in [-0.39, 0.29) is 24.6 Å². The van der Waals surface area contributed by atoms with Crippen LogP contribution in [0.4, 0.5) is 0 Å². The second-order valence-corrected chi connectivity index (χ2v) is 3.57. The van der Waals surface area contributed by atoms with Crippen LogP contribution in [0.3, 0.4) is 0 Å². The molecule has 3 rings (SSSR count). The van der Waals surface area contributed by atoms with Crippen LogP contribution in [-0.4, -0.2) is 5.79 Å². The fourth-order valence-corrected chi connectivity index (χ4v) is 1.60. The van der Waals surface area contributed by atoms with Crippen molar-refractivity contribution in [1.82, 2.24) is 0 Å². The molecule has 1 spiro atoms. The molecule has 1 saturated carbocycles. The molecule has 1 aromatic carbocycles. The molecule has 0 unspecified atom stereocenters. The van der Waals surface area contributed by atoms with Gasteiger partial charge in [-0.05, 0) is 11.1 Å². The van der Waals surface area contributed by atoms with Crippen LogP contribution in [0, 0.1) is 6.42 Å². The van der Waals surface area contributed by atoms with Crippen LogP contribution in [0.5, 0.6) is 0 Å². The van der Waals surface area contributed by atoms with Crippen molar-refractivity contribution in [3.05, 3.63) is 41.8 Å². The van der Waals surface area contributed by atoms with Crippen molar-refractivity contribution in [2.75, 3.05) is 0 Å². The van der Waals surface area contributed by atoms with E-state index in [1.165, 1.54) is 11.1 Å². The maximum atomic E-state index is 5.65. The number of hydrogen-bond acceptors (Lipinski definition) is 2. The summed E-state index contributed by atoms with van der Waals surface area (Å²) in [7, 11) is 0. The topological polar surface area (TPSA) is 18.5 Å². The molecule has 0 aromatic heterocycles. The first-order chi connectivity index (χ1) is 6.38. The molecule has 2 nitrogen and oxygen atoms in total. The summed E-state index contributed by atoms with van der Waals surface area (Å²) in [5.74, 6) is -0.334. The second kappa shape index (κ2) is 3.71.